The van der Waals surface area contributed by atoms with Gasteiger partial charge in [0.05, 0.1) is 17.0 Å². The molecule has 4 aromatic rings. The number of aromatic amines is 1. The number of aromatic nitrogens is 2. The number of carboxylic acid groups (broad SMARTS) is 1. The molecule has 1 aromatic heterocycles. The number of carbonyl (C=O) groups is 1. The Kier molecular flexibility index (Phi) is 4.87. The summed E-state index contributed by atoms with van der Waals surface area (Å²) in [6.07, 6.45) is 0. The number of anilines is 1. The topological polar surface area (TPSA) is 69.2 Å². The molecule has 4 rings (SSSR count). The highest BCUT2D eigenvalue weighted by atomic mass is 16.4. The van der Waals surface area contributed by atoms with Crippen molar-refractivity contribution in [3.8, 4) is 33.9 Å². The lowest BCUT2D eigenvalue weighted by Gasteiger charge is -2.12. The lowest BCUT2D eigenvalue weighted by molar-refractivity contribution is 0.0697. The highest BCUT2D eigenvalue weighted by Gasteiger charge is 2.15. The van der Waals surface area contributed by atoms with Gasteiger partial charge in [-0.2, -0.15) is 0 Å². The van der Waals surface area contributed by atoms with Crippen LogP contribution in [0.15, 0.2) is 78.9 Å². The van der Waals surface area contributed by atoms with Crippen LogP contribution in [0, 0.1) is 0 Å². The van der Waals surface area contributed by atoms with E-state index in [9.17, 15) is 4.79 Å². The molecule has 0 spiro atoms. The monoisotopic (exact) mass is 383 g/mol. The van der Waals surface area contributed by atoms with E-state index < -0.39 is 5.97 Å². The largest absolute Gasteiger partial charge is 0.478 e. The Balaban J connectivity index is 1.82. The van der Waals surface area contributed by atoms with Crippen LogP contribution in [0.1, 0.15) is 10.4 Å². The number of carboxylic acids is 1. The van der Waals surface area contributed by atoms with E-state index in [2.05, 4.69) is 34.1 Å². The van der Waals surface area contributed by atoms with Gasteiger partial charge in [0.15, 0.2) is 0 Å². The van der Waals surface area contributed by atoms with Crippen LogP contribution >= 0.6 is 0 Å². The highest BCUT2D eigenvalue weighted by Crippen LogP contribution is 2.33. The molecule has 0 aliphatic rings. The van der Waals surface area contributed by atoms with E-state index in [0.29, 0.717) is 5.82 Å². The molecule has 5 nitrogen and oxygen atoms in total. The molecule has 29 heavy (non-hydrogen) atoms. The zero-order valence-electron chi connectivity index (χ0n) is 16.3. The van der Waals surface area contributed by atoms with Gasteiger partial charge >= 0.3 is 5.97 Å². The zero-order valence-corrected chi connectivity index (χ0v) is 16.3. The first-order valence-electron chi connectivity index (χ1n) is 9.30. The molecule has 0 saturated heterocycles. The molecule has 144 valence electrons. The number of rotatable bonds is 5. The minimum Gasteiger partial charge on any atom is -0.478 e. The van der Waals surface area contributed by atoms with Crippen LogP contribution in [0.4, 0.5) is 5.69 Å². The van der Waals surface area contributed by atoms with Crippen molar-refractivity contribution in [1.82, 2.24) is 9.97 Å². The fourth-order valence-electron chi connectivity index (χ4n) is 3.22. The summed E-state index contributed by atoms with van der Waals surface area (Å²) in [5.41, 5.74) is 6.06. The van der Waals surface area contributed by atoms with Gasteiger partial charge in [-0.15, -0.1) is 0 Å². The molecular weight excluding hydrogens is 362 g/mol. The summed E-state index contributed by atoms with van der Waals surface area (Å²) in [4.78, 5) is 21.5. The maximum Gasteiger partial charge on any atom is 0.335 e. The summed E-state index contributed by atoms with van der Waals surface area (Å²) >= 11 is 0. The molecule has 0 unspecified atom stereocenters. The van der Waals surface area contributed by atoms with E-state index in [-0.39, 0.29) is 5.56 Å². The highest BCUT2D eigenvalue weighted by molar-refractivity contribution is 5.88. The molecule has 3 aromatic carbocycles. The van der Waals surface area contributed by atoms with Crippen LogP contribution in [-0.4, -0.2) is 35.1 Å². The van der Waals surface area contributed by atoms with Gasteiger partial charge in [0.1, 0.15) is 5.82 Å². The van der Waals surface area contributed by atoms with Crippen molar-refractivity contribution >= 4 is 11.7 Å². The predicted octanol–water partition coefficient (Wildman–Crippen LogP) is 5.17. The molecule has 0 aliphatic carbocycles. The number of imidazole rings is 1. The van der Waals surface area contributed by atoms with E-state index >= 15 is 0 Å². The van der Waals surface area contributed by atoms with E-state index in [0.717, 1.165) is 33.8 Å². The van der Waals surface area contributed by atoms with E-state index in [1.165, 1.54) is 0 Å². The van der Waals surface area contributed by atoms with Crippen molar-refractivity contribution in [2.24, 2.45) is 0 Å². The fourth-order valence-corrected chi connectivity index (χ4v) is 3.22. The molecule has 0 radical (unpaired) electrons. The van der Waals surface area contributed by atoms with Crippen molar-refractivity contribution < 1.29 is 9.90 Å². The minimum absolute atomic E-state index is 0.253. The molecule has 0 saturated carbocycles. The molecule has 0 atom stereocenters. The average Bonchev–Trinajstić information content (AvgIpc) is 3.20. The van der Waals surface area contributed by atoms with Crippen LogP contribution in [0.2, 0.25) is 0 Å². The van der Waals surface area contributed by atoms with Crippen molar-refractivity contribution in [2.75, 3.05) is 19.0 Å². The smallest absolute Gasteiger partial charge is 0.335 e. The summed E-state index contributed by atoms with van der Waals surface area (Å²) in [6.45, 7) is 0. The van der Waals surface area contributed by atoms with Crippen LogP contribution in [0.25, 0.3) is 33.9 Å². The van der Waals surface area contributed by atoms with Crippen LogP contribution in [0.5, 0.6) is 0 Å². The van der Waals surface area contributed by atoms with Gasteiger partial charge in [-0.1, -0.05) is 54.6 Å². The Morgan fingerprint density at radius 3 is 2.03 bits per heavy atom. The van der Waals surface area contributed by atoms with Crippen LogP contribution < -0.4 is 4.90 Å². The van der Waals surface area contributed by atoms with Gasteiger partial charge in [-0.25, -0.2) is 9.78 Å². The predicted molar refractivity (Wildman–Crippen MR) is 116 cm³/mol. The Labute approximate surface area is 169 Å². The Bertz CT molecular complexity index is 1130. The molecule has 0 bridgehead atoms. The molecular formula is C24H21N3O2. The fraction of sp³-hybridized carbons (Fsp3) is 0.0833. The Morgan fingerprint density at radius 2 is 1.45 bits per heavy atom. The molecule has 0 fully saturated rings. The van der Waals surface area contributed by atoms with Crippen molar-refractivity contribution in [3.63, 3.8) is 0 Å². The van der Waals surface area contributed by atoms with Gasteiger partial charge in [0.2, 0.25) is 0 Å². The Hall–Kier alpha value is -3.86. The summed E-state index contributed by atoms with van der Waals surface area (Å²) in [6, 6.07) is 25.1. The van der Waals surface area contributed by atoms with Crippen LogP contribution in [0.3, 0.4) is 0 Å². The first-order chi connectivity index (χ1) is 14.0. The number of nitrogens with one attached hydrogen (secondary N) is 1. The third-order valence-corrected chi connectivity index (χ3v) is 4.83. The van der Waals surface area contributed by atoms with Crippen molar-refractivity contribution in [3.05, 3.63) is 84.4 Å². The minimum atomic E-state index is -0.942. The normalized spacial score (nSPS) is 10.7. The molecule has 2 N–H and O–H groups in total. The number of aromatic carboxylic acids is 1. The van der Waals surface area contributed by atoms with Crippen molar-refractivity contribution in [2.45, 2.75) is 0 Å². The zero-order chi connectivity index (χ0) is 20.4. The molecule has 1 heterocycles. The molecule has 5 heteroatoms. The van der Waals surface area contributed by atoms with Crippen LogP contribution in [-0.2, 0) is 0 Å². The van der Waals surface area contributed by atoms with Gasteiger partial charge < -0.3 is 15.0 Å². The van der Waals surface area contributed by atoms with Gasteiger partial charge in [0, 0.05) is 36.5 Å². The second kappa shape index (κ2) is 7.64. The summed E-state index contributed by atoms with van der Waals surface area (Å²) in [7, 11) is 4.03. The summed E-state index contributed by atoms with van der Waals surface area (Å²) in [5, 5.41) is 9.13. The lowest BCUT2D eigenvalue weighted by Crippen LogP contribution is -2.07. The standard InChI is InChI=1S/C24H21N3O2/c1-27(2)20-14-12-17(13-15-20)22-21(16-6-4-3-5-7-16)25-23(26-22)18-8-10-19(11-9-18)24(28)29/h3-15H,1-2H3,(H,25,26)(H,28,29). The molecule has 0 aliphatic heterocycles. The SMILES string of the molecule is CN(C)c1ccc(-c2[nH]c(-c3ccc(C(=O)O)cc3)nc2-c2ccccc2)cc1. The maximum absolute atomic E-state index is 11.1. The van der Waals surface area contributed by atoms with E-state index in [1.54, 1.807) is 24.3 Å². The number of H-pyrrole nitrogens is 1. The number of hydrogen-bond acceptors (Lipinski definition) is 3. The second-order valence-electron chi connectivity index (χ2n) is 7.00. The van der Waals surface area contributed by atoms with Crippen molar-refractivity contribution in [1.29, 1.82) is 0 Å². The summed E-state index contributed by atoms with van der Waals surface area (Å²) < 4.78 is 0. The number of nitrogens with zero attached hydrogens (tertiary/aromatic N) is 2. The lowest BCUT2D eigenvalue weighted by atomic mass is 10.0. The molecule has 0 amide bonds. The second-order valence-corrected chi connectivity index (χ2v) is 7.00. The maximum atomic E-state index is 11.1. The van der Waals surface area contributed by atoms with Gasteiger partial charge in [-0.3, -0.25) is 0 Å². The van der Waals surface area contributed by atoms with Gasteiger partial charge in [-0.05, 0) is 24.3 Å². The first kappa shape index (κ1) is 18.5. The Morgan fingerprint density at radius 1 is 0.828 bits per heavy atom. The van der Waals surface area contributed by atoms with Gasteiger partial charge in [0.25, 0.3) is 0 Å². The number of benzene rings is 3. The third kappa shape index (κ3) is 3.75. The quantitative estimate of drug-likeness (QED) is 0.498. The first-order valence-corrected chi connectivity index (χ1v) is 9.30. The average molecular weight is 383 g/mol. The van der Waals surface area contributed by atoms with E-state index in [1.807, 2.05) is 44.4 Å². The summed E-state index contributed by atoms with van der Waals surface area (Å²) in [5.74, 6) is -0.241. The third-order valence-electron chi connectivity index (χ3n) is 4.83. The van der Waals surface area contributed by atoms with E-state index in [4.69, 9.17) is 10.1 Å². The number of hydrogen-bond donors (Lipinski definition) is 2.